The first-order valence-electron chi connectivity index (χ1n) is 5.08. The first-order valence-corrected chi connectivity index (χ1v) is 5.08. The maximum absolute atomic E-state index is 2.38. The Kier molecular flexibility index (Phi) is 2.22. The first-order chi connectivity index (χ1) is 6.29. The molecule has 0 atom stereocenters. The second kappa shape index (κ2) is 3.37. The molecule has 0 amide bonds. The van der Waals surface area contributed by atoms with Crippen LogP contribution in [0.3, 0.4) is 0 Å². The van der Waals surface area contributed by atoms with E-state index in [1.807, 2.05) is 0 Å². The molecule has 0 aliphatic heterocycles. The summed E-state index contributed by atoms with van der Waals surface area (Å²) in [5.41, 5.74) is 1.49. The van der Waals surface area contributed by atoms with Crippen LogP contribution in [-0.2, 0) is 0 Å². The summed E-state index contributed by atoms with van der Waals surface area (Å²) in [5.74, 6) is 0.637. The summed E-state index contributed by atoms with van der Waals surface area (Å²) in [6.45, 7) is 4.52. The normalized spacial score (nSPS) is 14.7. The second-order valence-corrected chi connectivity index (χ2v) is 3.99. The van der Waals surface area contributed by atoms with Crippen molar-refractivity contribution in [1.29, 1.82) is 0 Å². The topological polar surface area (TPSA) is 0 Å². The Balaban J connectivity index is 2.74. The minimum Gasteiger partial charge on any atom is -0.0764 e. The van der Waals surface area contributed by atoms with E-state index in [1.54, 1.807) is 0 Å². The van der Waals surface area contributed by atoms with E-state index in [0.29, 0.717) is 5.92 Å². The van der Waals surface area contributed by atoms with Gasteiger partial charge in [-0.15, -0.1) is 0 Å². The van der Waals surface area contributed by atoms with Crippen LogP contribution in [0.15, 0.2) is 18.2 Å². The zero-order valence-corrected chi connectivity index (χ0v) is 8.38. The Morgan fingerprint density at radius 1 is 1.08 bits per heavy atom. The van der Waals surface area contributed by atoms with Gasteiger partial charge in [-0.25, -0.2) is 0 Å². The van der Waals surface area contributed by atoms with Crippen molar-refractivity contribution in [1.82, 2.24) is 0 Å². The molecular formula is C13H16. The average molecular weight is 172 g/mol. The highest BCUT2D eigenvalue weighted by atomic mass is 14.1. The molecule has 0 heteroatoms. The van der Waals surface area contributed by atoms with Crippen molar-refractivity contribution in [2.75, 3.05) is 0 Å². The Labute approximate surface area is 79.6 Å². The molecule has 1 aromatic carbocycles. The molecule has 68 valence electrons. The maximum Gasteiger partial charge on any atom is -0.0192 e. The molecule has 0 radical (unpaired) electrons. The number of hydrogen-bond donors (Lipinski definition) is 0. The van der Waals surface area contributed by atoms with Crippen LogP contribution in [0.4, 0.5) is 0 Å². The Hall–Kier alpha value is -1.04. The summed E-state index contributed by atoms with van der Waals surface area (Å²) in [4.78, 5) is 0. The molecule has 0 unspecified atom stereocenters. The third-order valence-electron chi connectivity index (χ3n) is 2.67. The van der Waals surface area contributed by atoms with E-state index in [1.165, 1.54) is 28.8 Å². The lowest BCUT2D eigenvalue weighted by atomic mass is 9.96. The van der Waals surface area contributed by atoms with Gasteiger partial charge in [0.2, 0.25) is 0 Å². The van der Waals surface area contributed by atoms with Crippen LogP contribution in [0.25, 0.3) is 12.2 Å². The van der Waals surface area contributed by atoms with Gasteiger partial charge in [-0.3, -0.25) is 0 Å². The molecule has 13 heavy (non-hydrogen) atoms. The Morgan fingerprint density at radius 3 is 2.62 bits per heavy atom. The number of rotatable bonds is 1. The third kappa shape index (κ3) is 1.53. The van der Waals surface area contributed by atoms with E-state index in [4.69, 9.17) is 0 Å². The minimum absolute atomic E-state index is 0.637. The van der Waals surface area contributed by atoms with Crippen molar-refractivity contribution in [2.24, 2.45) is 0 Å². The highest BCUT2D eigenvalue weighted by Crippen LogP contribution is 2.08. The Bertz CT molecular complexity index is 410. The summed E-state index contributed by atoms with van der Waals surface area (Å²) < 4.78 is 0. The van der Waals surface area contributed by atoms with Crippen LogP contribution < -0.4 is 10.4 Å². The molecule has 0 N–H and O–H groups in total. The summed E-state index contributed by atoms with van der Waals surface area (Å²) in [5, 5.41) is 2.90. The average Bonchev–Trinajstić information content (AvgIpc) is 2.17. The van der Waals surface area contributed by atoms with Crippen molar-refractivity contribution in [3.8, 4) is 0 Å². The smallest absolute Gasteiger partial charge is 0.0192 e. The van der Waals surface area contributed by atoms with Gasteiger partial charge in [0.05, 0.1) is 0 Å². The zero-order valence-electron chi connectivity index (χ0n) is 8.38. The van der Waals surface area contributed by atoms with E-state index in [-0.39, 0.29) is 0 Å². The van der Waals surface area contributed by atoms with Gasteiger partial charge in [0.15, 0.2) is 0 Å². The van der Waals surface area contributed by atoms with Gasteiger partial charge in [0.1, 0.15) is 0 Å². The van der Waals surface area contributed by atoms with Gasteiger partial charge < -0.3 is 0 Å². The van der Waals surface area contributed by atoms with Gasteiger partial charge in [-0.05, 0) is 34.8 Å². The first kappa shape index (κ1) is 8.55. The molecule has 0 spiro atoms. The van der Waals surface area contributed by atoms with Gasteiger partial charge in [0.25, 0.3) is 0 Å². The van der Waals surface area contributed by atoms with Gasteiger partial charge in [-0.2, -0.15) is 0 Å². The zero-order chi connectivity index (χ0) is 9.26. The summed E-state index contributed by atoms with van der Waals surface area (Å²) in [6.07, 6.45) is 7.14. The van der Waals surface area contributed by atoms with Crippen molar-refractivity contribution >= 4 is 12.2 Å². The third-order valence-corrected chi connectivity index (χ3v) is 2.67. The molecule has 0 saturated carbocycles. The molecule has 1 aliphatic carbocycles. The van der Waals surface area contributed by atoms with Crippen LogP contribution in [0.5, 0.6) is 0 Å². The molecular weight excluding hydrogens is 156 g/mol. The van der Waals surface area contributed by atoms with Crippen molar-refractivity contribution < 1.29 is 0 Å². The molecule has 0 nitrogen and oxygen atoms in total. The number of hydrogen-bond acceptors (Lipinski definition) is 0. The van der Waals surface area contributed by atoms with Crippen molar-refractivity contribution in [2.45, 2.75) is 32.6 Å². The van der Waals surface area contributed by atoms with E-state index in [0.717, 1.165) is 0 Å². The van der Waals surface area contributed by atoms with Gasteiger partial charge in [-0.1, -0.05) is 44.2 Å². The quantitative estimate of drug-likeness (QED) is 0.609. The number of fused-ring (bicyclic) bond motifs is 1. The van der Waals surface area contributed by atoms with Gasteiger partial charge in [0, 0.05) is 0 Å². The van der Waals surface area contributed by atoms with E-state index in [9.17, 15) is 0 Å². The molecule has 0 fully saturated rings. The SMILES string of the molecule is CC(C)c1cccc2c1=CCCC=2. The molecule has 0 bridgehead atoms. The number of benzene rings is 1. The van der Waals surface area contributed by atoms with E-state index in [2.05, 4.69) is 44.2 Å². The standard InChI is InChI=1S/C13H16/c1-10(2)12-9-5-7-11-6-3-4-8-13(11)12/h5-10H,3-4H2,1-2H3. The molecule has 0 aromatic heterocycles. The second-order valence-electron chi connectivity index (χ2n) is 3.99. The molecule has 0 saturated heterocycles. The fraction of sp³-hybridized carbons (Fsp3) is 0.385. The molecule has 1 aromatic rings. The molecule has 1 aliphatic rings. The van der Waals surface area contributed by atoms with Crippen LogP contribution >= 0.6 is 0 Å². The fourth-order valence-corrected chi connectivity index (χ4v) is 1.99. The highest BCUT2D eigenvalue weighted by molar-refractivity contribution is 5.41. The van der Waals surface area contributed by atoms with Crippen LogP contribution in [0.1, 0.15) is 38.2 Å². The predicted octanol–water partition coefficient (Wildman–Crippen LogP) is 2.16. The highest BCUT2D eigenvalue weighted by Gasteiger charge is 2.02. The largest absolute Gasteiger partial charge is 0.0764 e. The van der Waals surface area contributed by atoms with E-state index >= 15 is 0 Å². The summed E-state index contributed by atoms with van der Waals surface area (Å²) in [6, 6.07) is 6.64. The van der Waals surface area contributed by atoms with Crippen molar-refractivity contribution in [3.05, 3.63) is 34.2 Å². The van der Waals surface area contributed by atoms with Crippen LogP contribution in [0, 0.1) is 0 Å². The minimum atomic E-state index is 0.637. The summed E-state index contributed by atoms with van der Waals surface area (Å²) in [7, 11) is 0. The monoisotopic (exact) mass is 172 g/mol. The molecule has 0 heterocycles. The predicted molar refractivity (Wildman–Crippen MR) is 57.9 cm³/mol. The van der Waals surface area contributed by atoms with Crippen LogP contribution in [0.2, 0.25) is 0 Å². The van der Waals surface area contributed by atoms with Crippen LogP contribution in [-0.4, -0.2) is 0 Å². The molecule has 2 rings (SSSR count). The fourth-order valence-electron chi connectivity index (χ4n) is 1.99. The van der Waals surface area contributed by atoms with Gasteiger partial charge >= 0.3 is 0 Å². The van der Waals surface area contributed by atoms with E-state index < -0.39 is 0 Å². The van der Waals surface area contributed by atoms with Crippen molar-refractivity contribution in [3.63, 3.8) is 0 Å². The summed E-state index contributed by atoms with van der Waals surface area (Å²) >= 11 is 0. The maximum atomic E-state index is 2.38. The lowest BCUT2D eigenvalue weighted by molar-refractivity contribution is 0.853. The lowest BCUT2D eigenvalue weighted by Gasteiger charge is -2.09. The lowest BCUT2D eigenvalue weighted by Crippen LogP contribution is -2.30. The Morgan fingerprint density at radius 2 is 1.85 bits per heavy atom.